The number of aryl methyl sites for hydroxylation is 1. The first-order valence-electron chi connectivity index (χ1n) is 9.86. The second-order valence-electron chi connectivity index (χ2n) is 7.07. The number of nitrogens with zero attached hydrogens (tertiary/aromatic N) is 1. The molecule has 1 heterocycles. The zero-order chi connectivity index (χ0) is 21.2. The number of carbonyl (C=O) groups excluding carboxylic acids is 1. The molecule has 30 heavy (non-hydrogen) atoms. The molecule has 3 atom stereocenters. The first-order valence-corrected chi connectivity index (χ1v) is 10.7. The van der Waals surface area contributed by atoms with Gasteiger partial charge < -0.3 is 20.3 Å². The van der Waals surface area contributed by atoms with Crippen molar-refractivity contribution in [2.24, 2.45) is 0 Å². The van der Waals surface area contributed by atoms with Crippen LogP contribution in [-0.4, -0.2) is 39.5 Å². The predicted molar refractivity (Wildman–Crippen MR) is 116 cm³/mol. The normalized spacial score (nSPS) is 13.9. The number of aromatic nitrogens is 1. The molecule has 0 bridgehead atoms. The van der Waals surface area contributed by atoms with Gasteiger partial charge in [-0.3, -0.25) is 4.98 Å². The number of aliphatic hydroxyl groups is 2. The highest BCUT2D eigenvalue weighted by Crippen LogP contribution is 2.14. The largest absolute Gasteiger partial charge is 0.444 e. The van der Waals surface area contributed by atoms with Gasteiger partial charge in [-0.2, -0.15) is 0 Å². The quantitative estimate of drug-likeness (QED) is 0.463. The SMILES string of the molecule is O=C(NC(Cc1ccccc1)C(O)C(O)CCc1ccccc1)OCc1cncs1. The minimum atomic E-state index is -1.13. The zero-order valence-electron chi connectivity index (χ0n) is 16.6. The van der Waals surface area contributed by atoms with Gasteiger partial charge in [0.1, 0.15) is 12.7 Å². The van der Waals surface area contributed by atoms with Crippen LogP contribution in [0.1, 0.15) is 22.4 Å². The van der Waals surface area contributed by atoms with Crippen LogP contribution in [0.15, 0.2) is 72.4 Å². The van der Waals surface area contributed by atoms with Gasteiger partial charge in [0.05, 0.1) is 22.5 Å². The third-order valence-corrected chi connectivity index (χ3v) is 5.56. The Morgan fingerprint density at radius 1 is 1.03 bits per heavy atom. The van der Waals surface area contributed by atoms with Crippen molar-refractivity contribution in [2.45, 2.75) is 44.1 Å². The number of rotatable bonds is 10. The molecule has 0 radical (unpaired) electrons. The third-order valence-electron chi connectivity index (χ3n) is 4.81. The number of alkyl carbamates (subject to hydrolysis) is 1. The summed E-state index contributed by atoms with van der Waals surface area (Å²) in [5.41, 5.74) is 3.70. The number of thiazole rings is 1. The third kappa shape index (κ3) is 6.95. The van der Waals surface area contributed by atoms with Crippen molar-refractivity contribution in [3.63, 3.8) is 0 Å². The van der Waals surface area contributed by atoms with E-state index in [1.807, 2.05) is 60.7 Å². The van der Waals surface area contributed by atoms with Gasteiger partial charge in [0.2, 0.25) is 0 Å². The highest BCUT2D eigenvalue weighted by atomic mass is 32.1. The maximum absolute atomic E-state index is 12.3. The van der Waals surface area contributed by atoms with Crippen molar-refractivity contribution in [3.8, 4) is 0 Å². The summed E-state index contributed by atoms with van der Waals surface area (Å²) < 4.78 is 5.24. The lowest BCUT2D eigenvalue weighted by Crippen LogP contribution is -2.50. The fourth-order valence-electron chi connectivity index (χ4n) is 3.17. The van der Waals surface area contributed by atoms with Gasteiger partial charge in [0.25, 0.3) is 0 Å². The van der Waals surface area contributed by atoms with Gasteiger partial charge in [0.15, 0.2) is 0 Å². The van der Waals surface area contributed by atoms with Gasteiger partial charge in [-0.15, -0.1) is 11.3 Å². The van der Waals surface area contributed by atoms with Crippen LogP contribution in [-0.2, 0) is 24.2 Å². The highest BCUT2D eigenvalue weighted by Gasteiger charge is 2.28. The Morgan fingerprint density at radius 3 is 2.33 bits per heavy atom. The predicted octanol–water partition coefficient (Wildman–Crippen LogP) is 3.34. The van der Waals surface area contributed by atoms with E-state index in [0.717, 1.165) is 16.0 Å². The minimum absolute atomic E-state index is 0.112. The Morgan fingerprint density at radius 2 is 1.70 bits per heavy atom. The lowest BCUT2D eigenvalue weighted by Gasteiger charge is -2.27. The van der Waals surface area contributed by atoms with Crippen LogP contribution in [0.3, 0.4) is 0 Å². The second kappa shape index (κ2) is 11.4. The number of amides is 1. The number of nitrogens with one attached hydrogen (secondary N) is 1. The molecule has 158 valence electrons. The van der Waals surface area contributed by atoms with Gasteiger partial charge in [-0.1, -0.05) is 60.7 Å². The topological polar surface area (TPSA) is 91.7 Å². The van der Waals surface area contributed by atoms with Crippen molar-refractivity contribution in [3.05, 3.63) is 88.4 Å². The molecule has 0 aliphatic rings. The summed E-state index contributed by atoms with van der Waals surface area (Å²) in [6.45, 7) is 0.112. The average Bonchev–Trinajstić information content (AvgIpc) is 3.30. The molecule has 0 aliphatic carbocycles. The monoisotopic (exact) mass is 426 g/mol. The van der Waals surface area contributed by atoms with E-state index in [-0.39, 0.29) is 6.61 Å². The van der Waals surface area contributed by atoms with Crippen molar-refractivity contribution in [1.29, 1.82) is 0 Å². The Kier molecular flexibility index (Phi) is 8.38. The van der Waals surface area contributed by atoms with Gasteiger partial charge >= 0.3 is 6.09 Å². The fourth-order valence-corrected chi connectivity index (χ4v) is 3.67. The van der Waals surface area contributed by atoms with Crippen molar-refractivity contribution in [2.75, 3.05) is 0 Å². The number of benzene rings is 2. The van der Waals surface area contributed by atoms with Crippen molar-refractivity contribution < 1.29 is 19.7 Å². The average molecular weight is 427 g/mol. The molecular formula is C23H26N2O4S. The number of aliphatic hydroxyl groups excluding tert-OH is 2. The summed E-state index contributed by atoms with van der Waals surface area (Å²) in [5, 5.41) is 24.1. The summed E-state index contributed by atoms with van der Waals surface area (Å²) in [4.78, 5) is 17.1. The fraction of sp³-hybridized carbons (Fsp3) is 0.304. The molecule has 6 nitrogen and oxygen atoms in total. The molecule has 7 heteroatoms. The zero-order valence-corrected chi connectivity index (χ0v) is 17.4. The molecule has 3 aromatic rings. The van der Waals surface area contributed by atoms with Crippen molar-refractivity contribution in [1.82, 2.24) is 10.3 Å². The summed E-state index contributed by atoms with van der Waals surface area (Å²) >= 11 is 1.40. The summed E-state index contributed by atoms with van der Waals surface area (Å²) in [7, 11) is 0. The summed E-state index contributed by atoms with van der Waals surface area (Å²) in [6.07, 6.45) is 0.270. The number of hydrogen-bond donors (Lipinski definition) is 3. The molecule has 0 aliphatic heterocycles. The number of carbonyl (C=O) groups is 1. The molecule has 3 rings (SSSR count). The molecule has 1 amide bonds. The number of ether oxygens (including phenoxy) is 1. The Labute approximate surface area is 180 Å². The summed E-state index contributed by atoms with van der Waals surface area (Å²) in [5.74, 6) is 0. The smallest absolute Gasteiger partial charge is 0.407 e. The molecule has 0 saturated carbocycles. The van der Waals surface area contributed by atoms with Crippen LogP contribution in [0.2, 0.25) is 0 Å². The van der Waals surface area contributed by atoms with E-state index in [9.17, 15) is 15.0 Å². The maximum Gasteiger partial charge on any atom is 0.407 e. The Hall–Kier alpha value is -2.74. The van der Waals surface area contributed by atoms with Gasteiger partial charge in [-0.25, -0.2) is 4.79 Å². The van der Waals surface area contributed by atoms with Crippen LogP contribution >= 0.6 is 11.3 Å². The lowest BCUT2D eigenvalue weighted by molar-refractivity contribution is -0.00813. The molecular weight excluding hydrogens is 400 g/mol. The molecule has 3 unspecified atom stereocenters. The molecule has 0 saturated heterocycles. The van der Waals surface area contributed by atoms with Crippen LogP contribution in [0.4, 0.5) is 4.79 Å². The Bertz CT molecular complexity index is 875. The molecule has 2 aromatic carbocycles. The van der Waals surface area contributed by atoms with E-state index in [4.69, 9.17) is 4.74 Å². The molecule has 1 aromatic heterocycles. The van der Waals surface area contributed by atoms with Crippen LogP contribution < -0.4 is 5.32 Å². The second-order valence-corrected chi connectivity index (χ2v) is 8.04. The lowest BCUT2D eigenvalue weighted by atomic mass is 9.94. The van der Waals surface area contributed by atoms with E-state index < -0.39 is 24.3 Å². The maximum atomic E-state index is 12.3. The molecule has 3 N–H and O–H groups in total. The summed E-state index contributed by atoms with van der Waals surface area (Å²) in [6, 6.07) is 18.6. The minimum Gasteiger partial charge on any atom is -0.444 e. The van der Waals surface area contributed by atoms with E-state index in [1.165, 1.54) is 11.3 Å². The first-order chi connectivity index (χ1) is 14.6. The standard InChI is InChI=1S/C23H26N2O4S/c26-21(12-11-17-7-3-1-4-8-17)22(27)20(13-18-9-5-2-6-10-18)25-23(28)29-15-19-14-24-16-30-19/h1-10,14,16,20-22,26-27H,11-13,15H2,(H,25,28). The van der Waals surface area contributed by atoms with Crippen LogP contribution in [0, 0.1) is 0 Å². The van der Waals surface area contributed by atoms with Crippen LogP contribution in [0.25, 0.3) is 0 Å². The van der Waals surface area contributed by atoms with Gasteiger partial charge in [0, 0.05) is 6.20 Å². The van der Waals surface area contributed by atoms with Gasteiger partial charge in [-0.05, 0) is 30.4 Å². The van der Waals surface area contributed by atoms with Crippen molar-refractivity contribution >= 4 is 17.4 Å². The molecule has 0 fully saturated rings. The van der Waals surface area contributed by atoms with Crippen LogP contribution in [0.5, 0.6) is 0 Å². The van der Waals surface area contributed by atoms with E-state index in [0.29, 0.717) is 19.3 Å². The van der Waals surface area contributed by atoms with E-state index in [2.05, 4.69) is 10.3 Å². The highest BCUT2D eigenvalue weighted by molar-refractivity contribution is 7.09. The molecule has 0 spiro atoms. The Balaban J connectivity index is 1.60. The van der Waals surface area contributed by atoms with E-state index in [1.54, 1.807) is 11.7 Å². The number of hydrogen-bond acceptors (Lipinski definition) is 6. The van der Waals surface area contributed by atoms with E-state index >= 15 is 0 Å². The first kappa shape index (κ1) is 22.0.